The summed E-state index contributed by atoms with van der Waals surface area (Å²) in [7, 11) is 1.96. The molecule has 1 aromatic rings. The summed E-state index contributed by atoms with van der Waals surface area (Å²) in [5.41, 5.74) is 0.759. The van der Waals surface area contributed by atoms with E-state index in [0.29, 0.717) is 18.6 Å². The molecule has 0 radical (unpaired) electrons. The molecule has 17 heavy (non-hydrogen) atoms. The standard InChI is InChI=1S/C13H17BrFNO/c1-16-13-4-5-17-8-10(13)6-9-7-11(14)2-3-12(9)15/h2-3,7,10,13,16H,4-6,8H2,1H3. The van der Waals surface area contributed by atoms with Crippen LogP contribution in [0.2, 0.25) is 0 Å². The molecule has 0 amide bonds. The van der Waals surface area contributed by atoms with E-state index in [4.69, 9.17) is 4.74 Å². The van der Waals surface area contributed by atoms with Crippen LogP contribution in [0.15, 0.2) is 22.7 Å². The average Bonchev–Trinajstić information content (AvgIpc) is 2.34. The van der Waals surface area contributed by atoms with Crippen LogP contribution in [0.3, 0.4) is 0 Å². The van der Waals surface area contributed by atoms with Crippen LogP contribution in [0, 0.1) is 11.7 Å². The third-order valence-electron chi connectivity index (χ3n) is 3.33. The molecule has 0 saturated carbocycles. The molecule has 1 N–H and O–H groups in total. The fraction of sp³-hybridized carbons (Fsp3) is 0.538. The highest BCUT2D eigenvalue weighted by Gasteiger charge is 2.25. The van der Waals surface area contributed by atoms with Crippen molar-refractivity contribution in [1.82, 2.24) is 5.32 Å². The fourth-order valence-electron chi connectivity index (χ4n) is 2.36. The van der Waals surface area contributed by atoms with Crippen LogP contribution in [0.1, 0.15) is 12.0 Å². The second-order valence-corrected chi connectivity index (χ2v) is 5.37. The topological polar surface area (TPSA) is 21.3 Å². The van der Waals surface area contributed by atoms with Crippen LogP contribution in [0.25, 0.3) is 0 Å². The zero-order valence-electron chi connectivity index (χ0n) is 9.88. The third kappa shape index (κ3) is 3.27. The van der Waals surface area contributed by atoms with E-state index in [2.05, 4.69) is 21.2 Å². The summed E-state index contributed by atoms with van der Waals surface area (Å²) in [6, 6.07) is 5.52. The van der Waals surface area contributed by atoms with Crippen molar-refractivity contribution in [3.63, 3.8) is 0 Å². The number of hydrogen-bond donors (Lipinski definition) is 1. The number of rotatable bonds is 3. The van der Waals surface area contributed by atoms with E-state index >= 15 is 0 Å². The number of hydrogen-bond acceptors (Lipinski definition) is 2. The molecule has 2 nitrogen and oxygen atoms in total. The summed E-state index contributed by atoms with van der Waals surface area (Å²) in [5.74, 6) is 0.214. The fourth-order valence-corrected chi connectivity index (χ4v) is 2.77. The van der Waals surface area contributed by atoms with Gasteiger partial charge in [0.2, 0.25) is 0 Å². The second-order valence-electron chi connectivity index (χ2n) is 4.46. The Morgan fingerprint density at radius 2 is 2.35 bits per heavy atom. The zero-order valence-corrected chi connectivity index (χ0v) is 11.5. The van der Waals surface area contributed by atoms with E-state index in [-0.39, 0.29) is 5.82 Å². The van der Waals surface area contributed by atoms with Crippen LogP contribution >= 0.6 is 15.9 Å². The molecule has 1 aliphatic rings. The van der Waals surface area contributed by atoms with Gasteiger partial charge in [-0.1, -0.05) is 15.9 Å². The Morgan fingerprint density at radius 3 is 3.12 bits per heavy atom. The Bertz CT molecular complexity index is 386. The van der Waals surface area contributed by atoms with Crippen molar-refractivity contribution in [3.05, 3.63) is 34.1 Å². The van der Waals surface area contributed by atoms with Crippen molar-refractivity contribution in [3.8, 4) is 0 Å². The predicted molar refractivity (Wildman–Crippen MR) is 69.6 cm³/mol. The minimum absolute atomic E-state index is 0.131. The first-order chi connectivity index (χ1) is 8.20. The highest BCUT2D eigenvalue weighted by atomic mass is 79.9. The molecule has 2 unspecified atom stereocenters. The molecule has 2 rings (SSSR count). The lowest BCUT2D eigenvalue weighted by Gasteiger charge is -2.31. The van der Waals surface area contributed by atoms with Crippen LogP contribution in [0.4, 0.5) is 4.39 Å². The van der Waals surface area contributed by atoms with Crippen molar-refractivity contribution >= 4 is 15.9 Å². The minimum Gasteiger partial charge on any atom is -0.381 e. The minimum atomic E-state index is -0.131. The number of halogens is 2. The molecule has 0 spiro atoms. The van der Waals surface area contributed by atoms with Crippen LogP contribution in [-0.4, -0.2) is 26.3 Å². The van der Waals surface area contributed by atoms with Crippen molar-refractivity contribution < 1.29 is 9.13 Å². The highest BCUT2D eigenvalue weighted by Crippen LogP contribution is 2.23. The van der Waals surface area contributed by atoms with Gasteiger partial charge >= 0.3 is 0 Å². The molecule has 0 aliphatic carbocycles. The lowest BCUT2D eigenvalue weighted by molar-refractivity contribution is 0.0339. The number of nitrogens with one attached hydrogen (secondary N) is 1. The smallest absolute Gasteiger partial charge is 0.126 e. The van der Waals surface area contributed by atoms with Crippen molar-refractivity contribution in [1.29, 1.82) is 0 Å². The quantitative estimate of drug-likeness (QED) is 0.927. The summed E-state index contributed by atoms with van der Waals surface area (Å²) in [4.78, 5) is 0. The van der Waals surface area contributed by atoms with Gasteiger partial charge in [-0.2, -0.15) is 0 Å². The maximum absolute atomic E-state index is 13.7. The molecular formula is C13H17BrFNO. The molecule has 1 saturated heterocycles. The van der Waals surface area contributed by atoms with E-state index in [0.717, 1.165) is 29.5 Å². The maximum Gasteiger partial charge on any atom is 0.126 e. The highest BCUT2D eigenvalue weighted by molar-refractivity contribution is 9.10. The SMILES string of the molecule is CNC1CCOCC1Cc1cc(Br)ccc1F. The van der Waals surface area contributed by atoms with Crippen LogP contribution < -0.4 is 5.32 Å². The molecule has 4 heteroatoms. The third-order valence-corrected chi connectivity index (χ3v) is 3.83. The summed E-state index contributed by atoms with van der Waals surface area (Å²) in [6.45, 7) is 1.50. The maximum atomic E-state index is 13.7. The molecule has 0 aromatic heterocycles. The molecule has 0 bridgehead atoms. The van der Waals surface area contributed by atoms with Crippen molar-refractivity contribution in [2.24, 2.45) is 5.92 Å². The van der Waals surface area contributed by atoms with Gasteiger partial charge in [0.05, 0.1) is 6.61 Å². The first kappa shape index (κ1) is 13.0. The summed E-state index contributed by atoms with van der Waals surface area (Å²) in [5, 5.41) is 3.29. The van der Waals surface area contributed by atoms with Crippen LogP contribution in [-0.2, 0) is 11.2 Å². The molecular weight excluding hydrogens is 285 g/mol. The van der Waals surface area contributed by atoms with Gasteiger partial charge in [0.15, 0.2) is 0 Å². The number of ether oxygens (including phenoxy) is 1. The lowest BCUT2D eigenvalue weighted by atomic mass is 9.89. The monoisotopic (exact) mass is 301 g/mol. The van der Waals surface area contributed by atoms with Gasteiger partial charge in [0.25, 0.3) is 0 Å². The van der Waals surface area contributed by atoms with E-state index in [1.54, 1.807) is 6.07 Å². The Morgan fingerprint density at radius 1 is 1.53 bits per heavy atom. The Hall–Kier alpha value is -0.450. The summed E-state index contributed by atoms with van der Waals surface area (Å²) in [6.07, 6.45) is 1.72. The van der Waals surface area contributed by atoms with Crippen molar-refractivity contribution in [2.75, 3.05) is 20.3 Å². The summed E-state index contributed by atoms with van der Waals surface area (Å²) >= 11 is 3.38. The van der Waals surface area contributed by atoms with E-state index < -0.39 is 0 Å². The van der Waals surface area contributed by atoms with Gasteiger partial charge < -0.3 is 10.1 Å². The largest absolute Gasteiger partial charge is 0.381 e. The Kier molecular flexibility index (Phi) is 4.54. The van der Waals surface area contributed by atoms with Crippen molar-refractivity contribution in [2.45, 2.75) is 18.9 Å². The molecule has 2 atom stereocenters. The molecule has 1 fully saturated rings. The van der Waals surface area contributed by atoms with Crippen LogP contribution in [0.5, 0.6) is 0 Å². The van der Waals surface area contributed by atoms with Gasteiger partial charge in [-0.05, 0) is 43.7 Å². The molecule has 1 aliphatic heterocycles. The lowest BCUT2D eigenvalue weighted by Crippen LogP contribution is -2.42. The van der Waals surface area contributed by atoms with E-state index in [9.17, 15) is 4.39 Å². The zero-order chi connectivity index (χ0) is 12.3. The summed E-state index contributed by atoms with van der Waals surface area (Å²) < 4.78 is 20.1. The molecule has 1 heterocycles. The van der Waals surface area contributed by atoms with Gasteiger partial charge in [0, 0.05) is 23.0 Å². The van der Waals surface area contributed by atoms with Gasteiger partial charge in [0.1, 0.15) is 5.82 Å². The van der Waals surface area contributed by atoms with E-state index in [1.165, 1.54) is 6.07 Å². The Labute approximate surface area is 110 Å². The average molecular weight is 302 g/mol. The normalized spacial score (nSPS) is 24.9. The van der Waals surface area contributed by atoms with Gasteiger partial charge in [-0.15, -0.1) is 0 Å². The number of benzene rings is 1. The predicted octanol–water partition coefficient (Wildman–Crippen LogP) is 2.76. The first-order valence-electron chi connectivity index (χ1n) is 5.89. The van der Waals surface area contributed by atoms with E-state index in [1.807, 2.05) is 13.1 Å². The molecule has 1 aromatic carbocycles. The second kappa shape index (κ2) is 5.94. The molecule has 94 valence electrons. The van der Waals surface area contributed by atoms with Gasteiger partial charge in [-0.25, -0.2) is 4.39 Å². The van der Waals surface area contributed by atoms with Gasteiger partial charge in [-0.3, -0.25) is 0 Å². The first-order valence-corrected chi connectivity index (χ1v) is 6.69. The Balaban J connectivity index is 2.10.